The molecule has 7 aliphatic rings. The predicted octanol–water partition coefficient (Wildman–Crippen LogP) is 7.36. The van der Waals surface area contributed by atoms with E-state index in [2.05, 4.69) is 24.1 Å². The number of hydrogen-bond acceptors (Lipinski definition) is 3. The Kier molecular flexibility index (Phi) is 5.81. The summed E-state index contributed by atoms with van der Waals surface area (Å²) in [6.07, 6.45) is 14.1. The van der Waals surface area contributed by atoms with E-state index in [0.29, 0.717) is 39.6 Å². The van der Waals surface area contributed by atoms with Crippen LogP contribution in [0.2, 0.25) is 0 Å². The number of imidazole rings is 1. The lowest BCUT2D eigenvalue weighted by atomic mass is 9.45. The maximum absolute atomic E-state index is 13.7. The molecule has 2 aromatic rings. The van der Waals surface area contributed by atoms with Crippen molar-refractivity contribution in [1.29, 1.82) is 0 Å². The first-order chi connectivity index (χ1) is 18.6. The van der Waals surface area contributed by atoms with Gasteiger partial charge in [0.05, 0.1) is 5.56 Å². The number of hydrogen-bond donors (Lipinski definition) is 3. The van der Waals surface area contributed by atoms with Crippen molar-refractivity contribution in [2.45, 2.75) is 97.3 Å². The number of fused-ring (bicyclic) bond motifs is 2. The largest absolute Gasteiger partial charge is 0.478 e. The van der Waals surface area contributed by atoms with Crippen LogP contribution in [0, 0.1) is 47.3 Å². The number of carboxylic acids is 1. The molecule has 0 aliphatic heterocycles. The van der Waals surface area contributed by atoms with E-state index in [1.807, 2.05) is 0 Å². The van der Waals surface area contributed by atoms with Crippen molar-refractivity contribution in [2.75, 3.05) is 5.32 Å². The van der Waals surface area contributed by atoms with E-state index < -0.39 is 5.97 Å². The number of benzene rings is 1. The number of anilines is 1. The van der Waals surface area contributed by atoms with E-state index >= 15 is 0 Å². The third-order valence-corrected chi connectivity index (χ3v) is 12.0. The standard InChI is InChI=1S/C33H43N3O3/c1-18-4-6-23(14-25(18)31(38)39)34-30(37)28-27(8-9-33-15-19-10-20(16-33)12-21(11-19)17-33)35-29(36-28)24-7-5-22-13-26(24)32(22,2)3/h4,6,14,19-22,24,26H,5,7-13,15-17H2,1-3H3,(H,34,37)(H,35,36)(H,38,39). The summed E-state index contributed by atoms with van der Waals surface area (Å²) in [5, 5.41) is 12.5. The van der Waals surface area contributed by atoms with E-state index in [-0.39, 0.29) is 11.5 Å². The third kappa shape index (κ3) is 4.24. The topological polar surface area (TPSA) is 95.1 Å². The number of aryl methyl sites for hydroxylation is 2. The van der Waals surface area contributed by atoms with Crippen molar-refractivity contribution < 1.29 is 14.7 Å². The molecule has 1 amide bonds. The summed E-state index contributed by atoms with van der Waals surface area (Å²) in [4.78, 5) is 34.1. The van der Waals surface area contributed by atoms with Crippen LogP contribution in [0.25, 0.3) is 0 Å². The summed E-state index contributed by atoms with van der Waals surface area (Å²) >= 11 is 0. The van der Waals surface area contributed by atoms with Gasteiger partial charge in [-0.2, -0.15) is 0 Å². The lowest BCUT2D eigenvalue weighted by Crippen LogP contribution is -2.51. The average Bonchev–Trinajstić information content (AvgIpc) is 3.32. The Morgan fingerprint density at radius 2 is 1.74 bits per heavy atom. The smallest absolute Gasteiger partial charge is 0.336 e. The van der Waals surface area contributed by atoms with Crippen LogP contribution in [-0.2, 0) is 6.42 Å². The number of aromatic amines is 1. The molecule has 6 bridgehead atoms. The van der Waals surface area contributed by atoms with E-state index in [9.17, 15) is 14.7 Å². The van der Waals surface area contributed by atoms with Crippen molar-refractivity contribution >= 4 is 17.6 Å². The molecule has 6 nitrogen and oxygen atoms in total. The number of carboxylic acid groups (broad SMARTS) is 1. The van der Waals surface area contributed by atoms with E-state index in [0.717, 1.165) is 54.5 Å². The highest BCUT2D eigenvalue weighted by Gasteiger charge is 2.55. The highest BCUT2D eigenvalue weighted by Crippen LogP contribution is 2.64. The lowest BCUT2D eigenvalue weighted by molar-refractivity contribution is -0.0822. The van der Waals surface area contributed by atoms with E-state index in [1.165, 1.54) is 51.4 Å². The summed E-state index contributed by atoms with van der Waals surface area (Å²) in [7, 11) is 0. The van der Waals surface area contributed by atoms with Gasteiger partial charge in [0.1, 0.15) is 11.5 Å². The number of rotatable bonds is 7. The summed E-state index contributed by atoms with van der Waals surface area (Å²) in [6, 6.07) is 5.08. The van der Waals surface area contributed by atoms with Crippen molar-refractivity contribution in [3.63, 3.8) is 0 Å². The highest BCUT2D eigenvalue weighted by molar-refractivity contribution is 6.04. The zero-order valence-corrected chi connectivity index (χ0v) is 23.7. The second kappa shape index (κ2) is 8.94. The molecule has 3 N–H and O–H groups in total. The Hall–Kier alpha value is -2.63. The second-order valence-corrected chi connectivity index (χ2v) is 14.7. The molecule has 0 saturated heterocycles. The third-order valence-electron chi connectivity index (χ3n) is 12.0. The highest BCUT2D eigenvalue weighted by atomic mass is 16.4. The van der Waals surface area contributed by atoms with Crippen molar-refractivity contribution in [3.8, 4) is 0 Å². The number of nitrogens with zero attached hydrogens (tertiary/aromatic N) is 1. The van der Waals surface area contributed by atoms with Crippen LogP contribution < -0.4 is 5.32 Å². The minimum Gasteiger partial charge on any atom is -0.478 e. The van der Waals surface area contributed by atoms with Crippen LogP contribution in [0.3, 0.4) is 0 Å². The fourth-order valence-electron chi connectivity index (χ4n) is 10.2. The van der Waals surface area contributed by atoms with Gasteiger partial charge in [0.15, 0.2) is 0 Å². The molecule has 7 fully saturated rings. The van der Waals surface area contributed by atoms with Crippen LogP contribution in [0.15, 0.2) is 18.2 Å². The molecular formula is C33H43N3O3. The Balaban J connectivity index is 1.17. The first-order valence-corrected chi connectivity index (χ1v) is 15.3. The van der Waals surface area contributed by atoms with Gasteiger partial charge >= 0.3 is 5.97 Å². The quantitative estimate of drug-likeness (QED) is 0.349. The number of carbonyl (C=O) groups is 2. The number of H-pyrrole nitrogens is 1. The Morgan fingerprint density at radius 3 is 2.36 bits per heavy atom. The molecule has 3 atom stereocenters. The molecule has 7 saturated carbocycles. The Bertz CT molecular complexity index is 1290. The fourth-order valence-corrected chi connectivity index (χ4v) is 10.2. The zero-order valence-electron chi connectivity index (χ0n) is 23.7. The Morgan fingerprint density at radius 1 is 1.05 bits per heavy atom. The monoisotopic (exact) mass is 529 g/mol. The molecule has 1 aromatic carbocycles. The summed E-state index contributed by atoms with van der Waals surface area (Å²) in [6.45, 7) is 6.58. The normalized spacial score (nSPS) is 35.5. The molecule has 9 rings (SSSR count). The number of aromatic nitrogens is 2. The minimum atomic E-state index is -0.986. The van der Waals surface area contributed by atoms with Gasteiger partial charge in [0.25, 0.3) is 5.91 Å². The minimum absolute atomic E-state index is 0.210. The van der Waals surface area contributed by atoms with Gasteiger partial charge in [-0.05, 0) is 136 Å². The Labute approximate surface area is 231 Å². The summed E-state index contributed by atoms with van der Waals surface area (Å²) in [5.41, 5.74) is 3.65. The molecule has 6 heteroatoms. The molecule has 0 radical (unpaired) electrons. The van der Waals surface area contributed by atoms with Crippen molar-refractivity contribution in [3.05, 3.63) is 46.5 Å². The van der Waals surface area contributed by atoms with E-state index in [4.69, 9.17) is 4.98 Å². The fraction of sp³-hybridized carbons (Fsp3) is 0.667. The predicted molar refractivity (Wildman–Crippen MR) is 151 cm³/mol. The van der Waals surface area contributed by atoms with Crippen molar-refractivity contribution in [1.82, 2.24) is 9.97 Å². The van der Waals surface area contributed by atoms with Crippen LogP contribution in [0.5, 0.6) is 0 Å². The second-order valence-electron chi connectivity index (χ2n) is 14.7. The van der Waals surface area contributed by atoms with Gasteiger partial charge in [0.2, 0.25) is 0 Å². The molecular weight excluding hydrogens is 486 g/mol. The summed E-state index contributed by atoms with van der Waals surface area (Å²) < 4.78 is 0. The molecule has 1 heterocycles. The first-order valence-electron chi connectivity index (χ1n) is 15.3. The maximum Gasteiger partial charge on any atom is 0.336 e. The molecule has 3 unspecified atom stereocenters. The van der Waals surface area contributed by atoms with Crippen LogP contribution in [0.4, 0.5) is 5.69 Å². The van der Waals surface area contributed by atoms with Gasteiger partial charge in [-0.15, -0.1) is 0 Å². The van der Waals surface area contributed by atoms with Crippen LogP contribution in [0.1, 0.15) is 122 Å². The molecule has 1 aromatic heterocycles. The lowest BCUT2D eigenvalue weighted by Gasteiger charge is -2.59. The van der Waals surface area contributed by atoms with Gasteiger partial charge < -0.3 is 15.4 Å². The first kappa shape index (κ1) is 25.3. The zero-order chi connectivity index (χ0) is 27.1. The molecule has 39 heavy (non-hydrogen) atoms. The van der Waals surface area contributed by atoms with Gasteiger partial charge in [-0.1, -0.05) is 19.9 Å². The average molecular weight is 530 g/mol. The van der Waals surface area contributed by atoms with E-state index in [1.54, 1.807) is 25.1 Å². The molecule has 0 spiro atoms. The van der Waals surface area contributed by atoms with Crippen LogP contribution in [-0.4, -0.2) is 27.0 Å². The van der Waals surface area contributed by atoms with Gasteiger partial charge in [0, 0.05) is 17.3 Å². The van der Waals surface area contributed by atoms with Gasteiger partial charge in [-0.25, -0.2) is 9.78 Å². The molecule has 7 aliphatic carbocycles. The SMILES string of the molecule is Cc1ccc(NC(=O)c2nc(C3CCC4CC3C4(C)C)[nH]c2CCC23CC4CC(CC(C4)C2)C3)cc1C(=O)O. The maximum atomic E-state index is 13.7. The molecule has 208 valence electrons. The summed E-state index contributed by atoms with van der Waals surface area (Å²) in [5.74, 6) is 4.32. The number of amides is 1. The number of carbonyl (C=O) groups excluding carboxylic acids is 1. The van der Waals surface area contributed by atoms with Crippen molar-refractivity contribution in [2.24, 2.45) is 40.4 Å². The number of aromatic carboxylic acids is 1. The van der Waals surface area contributed by atoms with Crippen LogP contribution >= 0.6 is 0 Å². The number of nitrogens with one attached hydrogen (secondary N) is 2. The van der Waals surface area contributed by atoms with Gasteiger partial charge in [-0.3, -0.25) is 4.79 Å².